The molecule has 0 aromatic heterocycles. The lowest BCUT2D eigenvalue weighted by Gasteiger charge is -1.85. The fourth-order valence-corrected chi connectivity index (χ4v) is 1.18. The van der Waals surface area contributed by atoms with Gasteiger partial charge in [0.2, 0.25) is 0 Å². The van der Waals surface area contributed by atoms with Gasteiger partial charge in [0.25, 0.3) is 0 Å². The van der Waals surface area contributed by atoms with Crippen LogP contribution < -0.4 is 11.5 Å². The average Bonchev–Trinajstić information content (AvgIpc) is 2.64. The molecule has 2 rings (SSSR count). The van der Waals surface area contributed by atoms with Gasteiger partial charge in [0.05, 0.1) is 0 Å². The normalized spacial score (nSPS) is 8.00. The van der Waals surface area contributed by atoms with Crippen LogP contribution in [0.5, 0.6) is 0 Å². The zero-order valence-corrected chi connectivity index (χ0v) is 14.6. The van der Waals surface area contributed by atoms with E-state index in [0.29, 0.717) is 0 Å². The Bertz CT molecular complexity index is 418. The van der Waals surface area contributed by atoms with Crippen LogP contribution in [0.25, 0.3) is 12.2 Å². The first-order valence-electron chi connectivity index (χ1n) is 7.95. The van der Waals surface area contributed by atoms with Crippen molar-refractivity contribution in [2.45, 2.75) is 20.3 Å². The molecule has 0 aliphatic heterocycles. The van der Waals surface area contributed by atoms with Gasteiger partial charge in [-0.1, -0.05) is 99.8 Å². The lowest BCUT2D eigenvalue weighted by Crippen LogP contribution is -1.93. The molecular formula is C21H32N2. The maximum absolute atomic E-state index is 5.03. The molecule has 4 N–H and O–H groups in total. The molecule has 126 valence electrons. The van der Waals surface area contributed by atoms with Crippen molar-refractivity contribution in [3.05, 3.63) is 84.9 Å². The van der Waals surface area contributed by atoms with Crippen molar-refractivity contribution in [1.29, 1.82) is 0 Å². The fourth-order valence-electron chi connectivity index (χ4n) is 1.18. The zero-order valence-electron chi connectivity index (χ0n) is 14.6. The summed E-state index contributed by atoms with van der Waals surface area (Å²) in [7, 11) is 0. The Hall–Kier alpha value is -2.16. The Balaban J connectivity index is 0. The van der Waals surface area contributed by atoms with E-state index < -0.39 is 0 Å². The molecule has 0 unspecified atom stereocenters. The molecule has 0 aliphatic carbocycles. The summed E-state index contributed by atoms with van der Waals surface area (Å²) in [6, 6.07) is 20.1. The molecule has 0 aliphatic rings. The van der Waals surface area contributed by atoms with Crippen LogP contribution in [0.1, 0.15) is 31.4 Å². The molecule has 0 spiro atoms. The minimum Gasteiger partial charge on any atom is -0.331 e. The summed E-state index contributed by atoms with van der Waals surface area (Å²) < 4.78 is 0. The molecule has 0 atom stereocenters. The molecule has 2 aromatic rings. The largest absolute Gasteiger partial charge is 0.331 e. The monoisotopic (exact) mass is 312 g/mol. The highest BCUT2D eigenvalue weighted by atomic mass is 14.5. The summed E-state index contributed by atoms with van der Waals surface area (Å²) in [6.07, 6.45) is 4.76. The van der Waals surface area contributed by atoms with Gasteiger partial charge in [0.15, 0.2) is 0 Å². The third-order valence-electron chi connectivity index (χ3n) is 2.36. The van der Waals surface area contributed by atoms with Crippen molar-refractivity contribution in [3.63, 3.8) is 0 Å². The van der Waals surface area contributed by atoms with Crippen molar-refractivity contribution in [2.24, 2.45) is 11.5 Å². The standard InChI is InChI=1S/2C8H8.C3H9N.C2H7N/c2*1-2-8-6-4-3-5-7-8;1-2-3-4;1-2-3/h2*2-7H,1H2;2-4H2,1H3;2-3H2,1H3. The van der Waals surface area contributed by atoms with Crippen LogP contribution >= 0.6 is 0 Å². The predicted octanol–water partition coefficient (Wildman–Crippen LogP) is 4.98. The van der Waals surface area contributed by atoms with E-state index in [0.717, 1.165) is 19.5 Å². The zero-order chi connectivity index (χ0) is 17.8. The summed E-state index contributed by atoms with van der Waals surface area (Å²) in [5, 5.41) is 0. The molecule has 0 saturated heterocycles. The highest BCUT2D eigenvalue weighted by Crippen LogP contribution is 1.98. The van der Waals surface area contributed by atoms with Crippen molar-refractivity contribution in [1.82, 2.24) is 0 Å². The SMILES string of the molecule is C=Cc1ccccc1.C=Cc1ccccc1.CCCN.CCN. The smallest absolute Gasteiger partial charge is 0.00799 e. The van der Waals surface area contributed by atoms with Crippen molar-refractivity contribution in [3.8, 4) is 0 Å². The van der Waals surface area contributed by atoms with Gasteiger partial charge in [0.1, 0.15) is 0 Å². The van der Waals surface area contributed by atoms with Crippen LogP contribution in [-0.4, -0.2) is 13.1 Å². The first kappa shape index (κ1) is 23.1. The van der Waals surface area contributed by atoms with Gasteiger partial charge in [-0.25, -0.2) is 0 Å². The lowest BCUT2D eigenvalue weighted by molar-refractivity contribution is 0.932. The van der Waals surface area contributed by atoms with E-state index in [-0.39, 0.29) is 0 Å². The maximum atomic E-state index is 5.03. The summed E-state index contributed by atoms with van der Waals surface area (Å²) in [5.41, 5.74) is 12.2. The number of hydrogen-bond acceptors (Lipinski definition) is 2. The molecule has 2 heteroatoms. The van der Waals surface area contributed by atoms with Crippen LogP contribution in [-0.2, 0) is 0 Å². The average molecular weight is 313 g/mol. The Morgan fingerprint density at radius 1 is 0.739 bits per heavy atom. The van der Waals surface area contributed by atoms with E-state index in [1.807, 2.05) is 79.7 Å². The van der Waals surface area contributed by atoms with Crippen LogP contribution in [0, 0.1) is 0 Å². The number of benzene rings is 2. The summed E-state index contributed by atoms with van der Waals surface area (Å²) in [5.74, 6) is 0. The van der Waals surface area contributed by atoms with E-state index in [1.54, 1.807) is 0 Å². The second kappa shape index (κ2) is 19.8. The molecule has 0 fully saturated rings. The second-order valence-corrected chi connectivity index (χ2v) is 4.43. The first-order valence-corrected chi connectivity index (χ1v) is 7.95. The molecule has 0 radical (unpaired) electrons. The fraction of sp³-hybridized carbons (Fsp3) is 0.238. The van der Waals surface area contributed by atoms with Gasteiger partial charge in [-0.3, -0.25) is 0 Å². The minimum atomic E-state index is 0.750. The van der Waals surface area contributed by atoms with Gasteiger partial charge < -0.3 is 11.5 Å². The van der Waals surface area contributed by atoms with Gasteiger partial charge in [-0.2, -0.15) is 0 Å². The quantitative estimate of drug-likeness (QED) is 0.840. The van der Waals surface area contributed by atoms with Gasteiger partial charge in [-0.05, 0) is 30.6 Å². The molecule has 0 amide bonds. The Labute approximate surface area is 142 Å². The number of hydrogen-bond donors (Lipinski definition) is 2. The van der Waals surface area contributed by atoms with E-state index in [1.165, 1.54) is 11.1 Å². The van der Waals surface area contributed by atoms with Crippen LogP contribution in [0.15, 0.2) is 73.8 Å². The van der Waals surface area contributed by atoms with Gasteiger partial charge in [-0.15, -0.1) is 0 Å². The summed E-state index contributed by atoms with van der Waals surface area (Å²) >= 11 is 0. The van der Waals surface area contributed by atoms with Gasteiger partial charge in [0, 0.05) is 0 Å². The third-order valence-corrected chi connectivity index (χ3v) is 2.36. The molecular weight excluding hydrogens is 280 g/mol. The maximum Gasteiger partial charge on any atom is -0.00799 e. The van der Waals surface area contributed by atoms with E-state index >= 15 is 0 Å². The Morgan fingerprint density at radius 3 is 1.13 bits per heavy atom. The molecule has 2 nitrogen and oxygen atoms in total. The lowest BCUT2D eigenvalue weighted by atomic mass is 10.2. The number of nitrogens with two attached hydrogens (primary N) is 2. The molecule has 2 aromatic carbocycles. The number of rotatable bonds is 3. The minimum absolute atomic E-state index is 0.750. The highest BCUT2D eigenvalue weighted by Gasteiger charge is 1.76. The molecule has 0 bridgehead atoms. The Kier molecular flexibility index (Phi) is 19.9. The van der Waals surface area contributed by atoms with Crippen molar-refractivity contribution in [2.75, 3.05) is 13.1 Å². The summed E-state index contributed by atoms with van der Waals surface area (Å²) in [6.45, 7) is 12.8. The van der Waals surface area contributed by atoms with Crippen LogP contribution in [0.3, 0.4) is 0 Å². The van der Waals surface area contributed by atoms with E-state index in [4.69, 9.17) is 11.5 Å². The molecule has 0 saturated carbocycles. The van der Waals surface area contributed by atoms with Crippen molar-refractivity contribution >= 4 is 12.2 Å². The van der Waals surface area contributed by atoms with Crippen molar-refractivity contribution < 1.29 is 0 Å². The van der Waals surface area contributed by atoms with E-state index in [9.17, 15) is 0 Å². The van der Waals surface area contributed by atoms with Gasteiger partial charge >= 0.3 is 0 Å². The van der Waals surface area contributed by atoms with E-state index in [2.05, 4.69) is 20.1 Å². The van der Waals surface area contributed by atoms with Crippen LogP contribution in [0.4, 0.5) is 0 Å². The topological polar surface area (TPSA) is 52.0 Å². The van der Waals surface area contributed by atoms with Crippen LogP contribution in [0.2, 0.25) is 0 Å². The highest BCUT2D eigenvalue weighted by molar-refractivity contribution is 5.46. The molecule has 0 heterocycles. The summed E-state index contributed by atoms with van der Waals surface area (Å²) in [4.78, 5) is 0. The first-order chi connectivity index (χ1) is 11.2. The predicted molar refractivity (Wildman–Crippen MR) is 107 cm³/mol. The second-order valence-electron chi connectivity index (χ2n) is 4.43. The Morgan fingerprint density at radius 2 is 1.00 bits per heavy atom. The molecule has 23 heavy (non-hydrogen) atoms. The third kappa shape index (κ3) is 17.8.